The van der Waals surface area contributed by atoms with Crippen molar-refractivity contribution in [1.29, 1.82) is 0 Å². The number of nitrogens with zero attached hydrogens (tertiary/aromatic N) is 2. The molecule has 0 saturated heterocycles. The first-order valence-electron chi connectivity index (χ1n) is 4.70. The molecule has 86 valence electrons. The van der Waals surface area contributed by atoms with Crippen LogP contribution >= 0.6 is 0 Å². The predicted octanol–water partition coefficient (Wildman–Crippen LogP) is -1.08. The number of carbonyl (C=O) groups is 2. The summed E-state index contributed by atoms with van der Waals surface area (Å²) in [4.78, 5) is 29.9. The van der Waals surface area contributed by atoms with Gasteiger partial charge in [0.25, 0.3) is 5.91 Å². The van der Waals surface area contributed by atoms with E-state index in [0.29, 0.717) is 0 Å². The van der Waals surface area contributed by atoms with Gasteiger partial charge in [0, 0.05) is 32.4 Å². The SMILES string of the molecule is CNC(=O)CCNC(=O)c1nccnc1N. The fraction of sp³-hybridized carbons (Fsp3) is 0.333. The van der Waals surface area contributed by atoms with Crippen LogP contribution in [-0.4, -0.2) is 35.4 Å². The van der Waals surface area contributed by atoms with Crippen LogP contribution in [-0.2, 0) is 4.79 Å². The summed E-state index contributed by atoms with van der Waals surface area (Å²) in [6.45, 7) is 0.231. The molecule has 1 aromatic heterocycles. The summed E-state index contributed by atoms with van der Waals surface area (Å²) in [5.41, 5.74) is 5.53. The molecule has 7 heteroatoms. The Morgan fingerprint density at radius 1 is 1.38 bits per heavy atom. The van der Waals surface area contributed by atoms with Crippen LogP contribution in [0.3, 0.4) is 0 Å². The normalized spacial score (nSPS) is 9.56. The highest BCUT2D eigenvalue weighted by Gasteiger charge is 2.11. The number of nitrogens with one attached hydrogen (secondary N) is 2. The van der Waals surface area contributed by atoms with Gasteiger partial charge in [0.05, 0.1) is 0 Å². The van der Waals surface area contributed by atoms with E-state index in [4.69, 9.17) is 5.73 Å². The molecule has 0 atom stereocenters. The maximum atomic E-state index is 11.5. The molecule has 4 N–H and O–H groups in total. The van der Waals surface area contributed by atoms with Crippen molar-refractivity contribution in [3.63, 3.8) is 0 Å². The second-order valence-corrected chi connectivity index (χ2v) is 2.97. The first-order chi connectivity index (χ1) is 7.65. The number of hydrogen-bond acceptors (Lipinski definition) is 5. The maximum absolute atomic E-state index is 11.5. The highest BCUT2D eigenvalue weighted by atomic mass is 16.2. The van der Waals surface area contributed by atoms with Gasteiger partial charge in [-0.2, -0.15) is 0 Å². The molecule has 1 aromatic rings. The Balaban J connectivity index is 2.47. The smallest absolute Gasteiger partial charge is 0.273 e. The maximum Gasteiger partial charge on any atom is 0.273 e. The van der Waals surface area contributed by atoms with E-state index < -0.39 is 5.91 Å². The summed E-state index contributed by atoms with van der Waals surface area (Å²) >= 11 is 0. The lowest BCUT2D eigenvalue weighted by Gasteiger charge is -2.04. The summed E-state index contributed by atoms with van der Waals surface area (Å²) in [7, 11) is 1.53. The molecule has 0 bridgehead atoms. The molecule has 16 heavy (non-hydrogen) atoms. The molecule has 0 aromatic carbocycles. The Hall–Kier alpha value is -2.18. The van der Waals surface area contributed by atoms with Crippen molar-refractivity contribution in [2.45, 2.75) is 6.42 Å². The van der Waals surface area contributed by atoms with E-state index in [0.717, 1.165) is 0 Å². The molecule has 0 aliphatic heterocycles. The van der Waals surface area contributed by atoms with Crippen molar-refractivity contribution in [3.8, 4) is 0 Å². The Labute approximate surface area is 92.5 Å². The molecule has 0 aliphatic rings. The molecule has 0 unspecified atom stereocenters. The van der Waals surface area contributed by atoms with Crippen LogP contribution < -0.4 is 16.4 Å². The zero-order valence-electron chi connectivity index (χ0n) is 8.86. The predicted molar refractivity (Wildman–Crippen MR) is 57.5 cm³/mol. The van der Waals surface area contributed by atoms with Gasteiger partial charge >= 0.3 is 0 Å². The highest BCUT2D eigenvalue weighted by Crippen LogP contribution is 2.01. The van der Waals surface area contributed by atoms with Crippen LogP contribution in [0, 0.1) is 0 Å². The van der Waals surface area contributed by atoms with Crippen LogP contribution in [0.15, 0.2) is 12.4 Å². The van der Waals surface area contributed by atoms with E-state index in [-0.39, 0.29) is 30.4 Å². The van der Waals surface area contributed by atoms with Crippen molar-refractivity contribution in [2.24, 2.45) is 0 Å². The number of aromatic nitrogens is 2. The fourth-order valence-corrected chi connectivity index (χ4v) is 1.02. The van der Waals surface area contributed by atoms with Gasteiger partial charge in [-0.15, -0.1) is 0 Å². The standard InChI is InChI=1S/C9H13N5O2/c1-11-6(15)2-3-14-9(16)7-8(10)13-5-4-12-7/h4-5H,2-3H2,1H3,(H2,10,13)(H,11,15)(H,14,16). The zero-order chi connectivity index (χ0) is 12.0. The van der Waals surface area contributed by atoms with Gasteiger partial charge in [-0.1, -0.05) is 0 Å². The summed E-state index contributed by atoms with van der Waals surface area (Å²) in [5.74, 6) is -0.512. The average Bonchev–Trinajstić information content (AvgIpc) is 2.29. The molecule has 1 rings (SSSR count). The van der Waals surface area contributed by atoms with E-state index >= 15 is 0 Å². The number of anilines is 1. The molecule has 1 heterocycles. The monoisotopic (exact) mass is 223 g/mol. The van der Waals surface area contributed by atoms with Crippen LogP contribution in [0.4, 0.5) is 5.82 Å². The lowest BCUT2D eigenvalue weighted by atomic mass is 10.3. The van der Waals surface area contributed by atoms with Crippen molar-refractivity contribution >= 4 is 17.6 Å². The van der Waals surface area contributed by atoms with E-state index in [2.05, 4.69) is 20.6 Å². The lowest BCUT2D eigenvalue weighted by molar-refractivity contribution is -0.120. The number of carbonyl (C=O) groups excluding carboxylic acids is 2. The summed E-state index contributed by atoms with van der Waals surface area (Å²) in [5, 5.41) is 4.97. The molecule has 0 fully saturated rings. The number of nitrogens with two attached hydrogens (primary N) is 1. The largest absolute Gasteiger partial charge is 0.382 e. The third kappa shape index (κ3) is 3.19. The molecular weight excluding hydrogens is 210 g/mol. The van der Waals surface area contributed by atoms with Gasteiger partial charge < -0.3 is 16.4 Å². The first kappa shape index (κ1) is 11.9. The summed E-state index contributed by atoms with van der Waals surface area (Å²) in [6, 6.07) is 0. The highest BCUT2D eigenvalue weighted by molar-refractivity contribution is 5.96. The summed E-state index contributed by atoms with van der Waals surface area (Å²) in [6.07, 6.45) is 2.99. The number of nitrogen functional groups attached to an aromatic ring is 1. The van der Waals surface area contributed by atoms with E-state index in [1.165, 1.54) is 19.4 Å². The van der Waals surface area contributed by atoms with Gasteiger partial charge in [0.15, 0.2) is 11.5 Å². The minimum atomic E-state index is -0.436. The minimum absolute atomic E-state index is 0.0689. The van der Waals surface area contributed by atoms with E-state index in [1.807, 2.05) is 0 Å². The van der Waals surface area contributed by atoms with Gasteiger partial charge in [-0.3, -0.25) is 9.59 Å². The molecule has 0 saturated carbocycles. The van der Waals surface area contributed by atoms with Crippen LogP contribution in [0.2, 0.25) is 0 Å². The topological polar surface area (TPSA) is 110 Å². The Kier molecular flexibility index (Phi) is 4.19. The quantitative estimate of drug-likeness (QED) is 0.601. The van der Waals surface area contributed by atoms with Crippen molar-refractivity contribution < 1.29 is 9.59 Å². The van der Waals surface area contributed by atoms with Crippen molar-refractivity contribution in [3.05, 3.63) is 18.1 Å². The number of hydrogen-bond donors (Lipinski definition) is 3. The lowest BCUT2D eigenvalue weighted by Crippen LogP contribution is -2.30. The van der Waals surface area contributed by atoms with Crippen LogP contribution in [0.25, 0.3) is 0 Å². The van der Waals surface area contributed by atoms with Crippen LogP contribution in [0.5, 0.6) is 0 Å². The number of rotatable bonds is 4. The van der Waals surface area contributed by atoms with Gasteiger partial charge in [-0.25, -0.2) is 9.97 Å². The van der Waals surface area contributed by atoms with E-state index in [9.17, 15) is 9.59 Å². The molecular formula is C9H13N5O2. The molecule has 0 spiro atoms. The van der Waals surface area contributed by atoms with E-state index in [1.54, 1.807) is 0 Å². The second kappa shape index (κ2) is 5.64. The summed E-state index contributed by atoms with van der Waals surface area (Å²) < 4.78 is 0. The molecule has 0 radical (unpaired) electrons. The third-order valence-corrected chi connectivity index (χ3v) is 1.86. The first-order valence-corrected chi connectivity index (χ1v) is 4.70. The average molecular weight is 223 g/mol. The Morgan fingerprint density at radius 3 is 2.69 bits per heavy atom. The number of amides is 2. The van der Waals surface area contributed by atoms with Gasteiger partial charge in [-0.05, 0) is 0 Å². The third-order valence-electron chi connectivity index (χ3n) is 1.86. The Bertz CT molecular complexity index is 393. The minimum Gasteiger partial charge on any atom is -0.382 e. The molecule has 7 nitrogen and oxygen atoms in total. The zero-order valence-corrected chi connectivity index (χ0v) is 8.86. The fourth-order valence-electron chi connectivity index (χ4n) is 1.02. The second-order valence-electron chi connectivity index (χ2n) is 2.97. The molecule has 2 amide bonds. The van der Waals surface area contributed by atoms with Crippen LogP contribution in [0.1, 0.15) is 16.9 Å². The van der Waals surface area contributed by atoms with Crippen molar-refractivity contribution in [1.82, 2.24) is 20.6 Å². The Morgan fingerprint density at radius 2 is 2.06 bits per heavy atom. The molecule has 0 aliphatic carbocycles. The van der Waals surface area contributed by atoms with Crippen molar-refractivity contribution in [2.75, 3.05) is 19.3 Å². The van der Waals surface area contributed by atoms with Gasteiger partial charge in [0.2, 0.25) is 5.91 Å². The van der Waals surface area contributed by atoms with Gasteiger partial charge in [0.1, 0.15) is 0 Å².